The van der Waals surface area contributed by atoms with E-state index in [9.17, 15) is 9.59 Å². The van der Waals surface area contributed by atoms with Crippen LogP contribution in [0, 0.1) is 0 Å². The summed E-state index contributed by atoms with van der Waals surface area (Å²) in [6.07, 6.45) is 0. The molecule has 1 aliphatic rings. The maximum absolute atomic E-state index is 12.2. The fourth-order valence-electron chi connectivity index (χ4n) is 2.46. The van der Waals surface area contributed by atoms with E-state index < -0.39 is 0 Å². The molecule has 0 aliphatic carbocycles. The Morgan fingerprint density at radius 1 is 0.955 bits per heavy atom. The number of amides is 2. The highest BCUT2D eigenvalue weighted by Gasteiger charge is 2.34. The van der Waals surface area contributed by atoms with Crippen molar-refractivity contribution in [2.75, 3.05) is 25.5 Å². The lowest BCUT2D eigenvalue weighted by atomic mass is 10.1. The lowest BCUT2D eigenvalue weighted by Gasteiger charge is -2.15. The topological polar surface area (TPSA) is 58.6 Å². The minimum atomic E-state index is -0.225. The van der Waals surface area contributed by atoms with Gasteiger partial charge in [0.2, 0.25) is 0 Å². The number of ether oxygens (including phenoxy) is 1. The summed E-state index contributed by atoms with van der Waals surface area (Å²) in [7, 11) is 1.62. The normalized spacial score (nSPS) is 13.2. The quantitative estimate of drug-likeness (QED) is 0.861. The lowest BCUT2D eigenvalue weighted by molar-refractivity contribution is 0.0660. The number of rotatable bonds is 5. The predicted octanol–water partition coefficient (Wildman–Crippen LogP) is 2.40. The molecule has 0 atom stereocenters. The van der Waals surface area contributed by atoms with E-state index in [0.717, 1.165) is 11.4 Å². The average Bonchev–Trinajstić information content (AvgIpc) is 2.81. The predicted molar refractivity (Wildman–Crippen MR) is 83.3 cm³/mol. The zero-order valence-electron chi connectivity index (χ0n) is 12.2. The first-order valence-electron chi connectivity index (χ1n) is 7.04. The molecule has 0 fully saturated rings. The summed E-state index contributed by atoms with van der Waals surface area (Å²) >= 11 is 0. The summed E-state index contributed by atoms with van der Waals surface area (Å²) in [5.41, 5.74) is 1.88. The van der Waals surface area contributed by atoms with Crippen molar-refractivity contribution in [1.29, 1.82) is 0 Å². The SMILES string of the molecule is COc1ccc(NCCN2C(=O)c3ccccc3C2=O)cc1. The van der Waals surface area contributed by atoms with Crippen LogP contribution in [0.1, 0.15) is 20.7 Å². The van der Waals surface area contributed by atoms with Gasteiger partial charge < -0.3 is 10.1 Å². The molecule has 1 aliphatic heterocycles. The molecule has 0 spiro atoms. The molecule has 5 nitrogen and oxygen atoms in total. The Kier molecular flexibility index (Phi) is 3.78. The molecule has 2 aromatic carbocycles. The molecule has 2 amide bonds. The summed E-state index contributed by atoms with van der Waals surface area (Å²) in [5.74, 6) is 0.333. The molecule has 0 saturated carbocycles. The highest BCUT2D eigenvalue weighted by atomic mass is 16.5. The van der Waals surface area contributed by atoms with E-state index >= 15 is 0 Å². The molecule has 0 unspecified atom stereocenters. The third-order valence-corrected chi connectivity index (χ3v) is 3.63. The number of methoxy groups -OCH3 is 1. The Morgan fingerprint density at radius 3 is 2.09 bits per heavy atom. The average molecular weight is 296 g/mol. The van der Waals surface area contributed by atoms with Gasteiger partial charge in [-0.1, -0.05) is 12.1 Å². The minimum absolute atomic E-state index is 0.225. The maximum Gasteiger partial charge on any atom is 0.261 e. The van der Waals surface area contributed by atoms with Crippen LogP contribution < -0.4 is 10.1 Å². The zero-order valence-corrected chi connectivity index (χ0v) is 12.2. The summed E-state index contributed by atoms with van der Waals surface area (Å²) < 4.78 is 5.09. The number of hydrogen-bond donors (Lipinski definition) is 1. The summed E-state index contributed by atoms with van der Waals surface area (Å²) in [6, 6.07) is 14.4. The van der Waals surface area contributed by atoms with Crippen LogP contribution in [0.25, 0.3) is 0 Å². The smallest absolute Gasteiger partial charge is 0.261 e. The number of anilines is 1. The number of fused-ring (bicyclic) bond motifs is 1. The van der Waals surface area contributed by atoms with Gasteiger partial charge in [0.15, 0.2) is 0 Å². The summed E-state index contributed by atoms with van der Waals surface area (Å²) in [6.45, 7) is 0.830. The van der Waals surface area contributed by atoms with Crippen molar-refractivity contribution in [3.63, 3.8) is 0 Å². The van der Waals surface area contributed by atoms with Gasteiger partial charge in [-0.05, 0) is 36.4 Å². The number of imide groups is 1. The largest absolute Gasteiger partial charge is 0.497 e. The van der Waals surface area contributed by atoms with Crippen LogP contribution in [0.15, 0.2) is 48.5 Å². The molecule has 0 aromatic heterocycles. The molecule has 0 bridgehead atoms. The Labute approximate surface area is 128 Å². The fraction of sp³-hybridized carbons (Fsp3) is 0.176. The molecular weight excluding hydrogens is 280 g/mol. The maximum atomic E-state index is 12.2. The Hall–Kier alpha value is -2.82. The monoisotopic (exact) mass is 296 g/mol. The second kappa shape index (κ2) is 5.89. The van der Waals surface area contributed by atoms with Gasteiger partial charge in [0.25, 0.3) is 11.8 Å². The van der Waals surface area contributed by atoms with Gasteiger partial charge in [0.05, 0.1) is 18.2 Å². The fourth-order valence-corrected chi connectivity index (χ4v) is 2.46. The molecule has 112 valence electrons. The van der Waals surface area contributed by atoms with E-state index in [2.05, 4.69) is 5.32 Å². The Bertz CT molecular complexity index is 675. The number of benzene rings is 2. The third-order valence-electron chi connectivity index (χ3n) is 3.63. The molecule has 22 heavy (non-hydrogen) atoms. The van der Waals surface area contributed by atoms with Crippen LogP contribution in [0.2, 0.25) is 0 Å². The number of carbonyl (C=O) groups is 2. The third kappa shape index (κ3) is 2.53. The Morgan fingerprint density at radius 2 is 1.55 bits per heavy atom. The van der Waals surface area contributed by atoms with Gasteiger partial charge in [0.1, 0.15) is 5.75 Å². The minimum Gasteiger partial charge on any atom is -0.497 e. The van der Waals surface area contributed by atoms with Crippen molar-refractivity contribution in [3.8, 4) is 5.75 Å². The van der Waals surface area contributed by atoms with Gasteiger partial charge in [-0.3, -0.25) is 14.5 Å². The van der Waals surface area contributed by atoms with Gasteiger partial charge in [0, 0.05) is 18.8 Å². The van der Waals surface area contributed by atoms with Crippen LogP contribution in [-0.4, -0.2) is 36.9 Å². The van der Waals surface area contributed by atoms with E-state index in [1.807, 2.05) is 24.3 Å². The standard InChI is InChI=1S/C17H16N2O3/c1-22-13-8-6-12(7-9-13)18-10-11-19-16(20)14-4-2-3-5-15(14)17(19)21/h2-9,18H,10-11H2,1H3. The second-order valence-corrected chi connectivity index (χ2v) is 4.96. The molecule has 2 aromatic rings. The van der Waals surface area contributed by atoms with Gasteiger partial charge in [-0.15, -0.1) is 0 Å². The van der Waals surface area contributed by atoms with E-state index in [-0.39, 0.29) is 11.8 Å². The summed E-state index contributed by atoms with van der Waals surface area (Å²) in [5, 5.41) is 3.19. The summed E-state index contributed by atoms with van der Waals surface area (Å²) in [4.78, 5) is 25.7. The number of nitrogens with one attached hydrogen (secondary N) is 1. The molecule has 1 N–H and O–H groups in total. The van der Waals surface area contributed by atoms with Gasteiger partial charge in [-0.25, -0.2) is 0 Å². The highest BCUT2D eigenvalue weighted by Crippen LogP contribution is 2.22. The number of hydrogen-bond acceptors (Lipinski definition) is 4. The molecule has 0 radical (unpaired) electrons. The number of nitrogens with zero attached hydrogens (tertiary/aromatic N) is 1. The molecule has 5 heteroatoms. The van der Waals surface area contributed by atoms with E-state index in [0.29, 0.717) is 24.2 Å². The lowest BCUT2D eigenvalue weighted by Crippen LogP contribution is -2.34. The van der Waals surface area contributed by atoms with Crippen molar-refractivity contribution >= 4 is 17.5 Å². The molecule has 3 rings (SSSR count). The highest BCUT2D eigenvalue weighted by molar-refractivity contribution is 6.21. The van der Waals surface area contributed by atoms with Crippen molar-refractivity contribution in [2.24, 2.45) is 0 Å². The van der Waals surface area contributed by atoms with Gasteiger partial charge >= 0.3 is 0 Å². The van der Waals surface area contributed by atoms with Crippen molar-refractivity contribution in [2.45, 2.75) is 0 Å². The van der Waals surface area contributed by atoms with Crippen molar-refractivity contribution < 1.29 is 14.3 Å². The first kappa shape index (κ1) is 14.1. The van der Waals surface area contributed by atoms with Crippen LogP contribution >= 0.6 is 0 Å². The van der Waals surface area contributed by atoms with Crippen molar-refractivity contribution in [3.05, 3.63) is 59.7 Å². The van der Waals surface area contributed by atoms with E-state index in [1.54, 1.807) is 31.4 Å². The van der Waals surface area contributed by atoms with Gasteiger partial charge in [-0.2, -0.15) is 0 Å². The van der Waals surface area contributed by atoms with Crippen LogP contribution in [0.3, 0.4) is 0 Å². The van der Waals surface area contributed by atoms with Crippen LogP contribution in [0.4, 0.5) is 5.69 Å². The Balaban J connectivity index is 1.60. The second-order valence-electron chi connectivity index (χ2n) is 4.96. The molecular formula is C17H16N2O3. The number of carbonyl (C=O) groups excluding carboxylic acids is 2. The van der Waals surface area contributed by atoms with E-state index in [4.69, 9.17) is 4.74 Å². The van der Waals surface area contributed by atoms with Crippen LogP contribution in [0.5, 0.6) is 5.75 Å². The first-order valence-corrected chi connectivity index (χ1v) is 7.04. The molecule has 0 saturated heterocycles. The van der Waals surface area contributed by atoms with E-state index in [1.165, 1.54) is 4.90 Å². The molecule has 1 heterocycles. The zero-order chi connectivity index (χ0) is 15.5. The van der Waals surface area contributed by atoms with Crippen molar-refractivity contribution in [1.82, 2.24) is 4.90 Å². The van der Waals surface area contributed by atoms with Crippen LogP contribution in [-0.2, 0) is 0 Å². The first-order chi connectivity index (χ1) is 10.7.